The number of ether oxygens (including phenoxy) is 2. The highest BCUT2D eigenvalue weighted by Crippen LogP contribution is 2.42. The van der Waals surface area contributed by atoms with Crippen LogP contribution in [0, 0.1) is 0 Å². The summed E-state index contributed by atoms with van der Waals surface area (Å²) in [4.78, 5) is 17.6. The lowest BCUT2D eigenvalue weighted by Crippen LogP contribution is -2.21. The van der Waals surface area contributed by atoms with Crippen molar-refractivity contribution >= 4 is 133 Å². The molecule has 0 bridgehead atoms. The zero-order chi connectivity index (χ0) is 48.8. The van der Waals surface area contributed by atoms with Crippen molar-refractivity contribution < 1.29 is 40.5 Å². The van der Waals surface area contributed by atoms with Crippen molar-refractivity contribution in [1.29, 1.82) is 0 Å². The SMILES string of the molecule is CCN(CC)c1ccc(N=Nc2snc3cc(S(=O)(=O)O)c(OC)cc23)c(Nc2nc(Nc3cc(N(CC)CC)ccc3N=Nc3snc4cc(S(=O)(=O)O)c(OC)cc34)nc(SCCO)n2)c1. The molecule has 68 heavy (non-hydrogen) atoms. The Kier molecular flexibility index (Phi) is 15.6. The number of azo groups is 2. The fourth-order valence-corrected chi connectivity index (χ4v) is 10.1. The van der Waals surface area contributed by atoms with Gasteiger partial charge in [0.25, 0.3) is 20.2 Å². The summed E-state index contributed by atoms with van der Waals surface area (Å²) in [7, 11) is -6.62. The molecule has 0 unspecified atom stereocenters. The van der Waals surface area contributed by atoms with Crippen molar-refractivity contribution in [2.24, 2.45) is 20.5 Å². The highest BCUT2D eigenvalue weighted by atomic mass is 32.2. The van der Waals surface area contributed by atoms with Gasteiger partial charge in [0.1, 0.15) is 32.7 Å². The summed E-state index contributed by atoms with van der Waals surface area (Å²) in [6.45, 7) is 10.9. The highest BCUT2D eigenvalue weighted by Gasteiger charge is 2.23. The molecule has 5 N–H and O–H groups in total. The van der Waals surface area contributed by atoms with Gasteiger partial charge in [-0.3, -0.25) is 9.11 Å². The number of anilines is 6. The Morgan fingerprint density at radius 2 is 1.06 bits per heavy atom. The molecule has 0 saturated carbocycles. The third-order valence-corrected chi connectivity index (χ3v) is 14.3. The number of fused-ring (bicyclic) bond motifs is 2. The molecular formula is C41H45N13O9S5. The van der Waals surface area contributed by atoms with Crippen LogP contribution in [0.3, 0.4) is 0 Å². The van der Waals surface area contributed by atoms with E-state index in [2.05, 4.69) is 59.6 Å². The van der Waals surface area contributed by atoms with Gasteiger partial charge in [0.15, 0.2) is 15.2 Å². The van der Waals surface area contributed by atoms with E-state index in [9.17, 15) is 31.0 Å². The number of aromatic nitrogens is 5. The van der Waals surface area contributed by atoms with E-state index < -0.39 is 30.0 Å². The number of aliphatic hydroxyl groups excluding tert-OH is 1. The zero-order valence-corrected chi connectivity index (χ0v) is 41.4. The van der Waals surface area contributed by atoms with E-state index in [1.54, 1.807) is 12.1 Å². The van der Waals surface area contributed by atoms with Crippen LogP contribution in [0.25, 0.3) is 21.8 Å². The molecule has 0 saturated heterocycles. The summed E-state index contributed by atoms with van der Waals surface area (Å²) in [6.07, 6.45) is 0. The van der Waals surface area contributed by atoms with Gasteiger partial charge in [-0.15, -0.1) is 20.5 Å². The first kappa shape index (κ1) is 49.7. The lowest BCUT2D eigenvalue weighted by Gasteiger charge is -2.22. The molecule has 0 amide bonds. The third kappa shape index (κ3) is 11.2. The van der Waals surface area contributed by atoms with Crippen LogP contribution in [0.15, 0.2) is 96.1 Å². The smallest absolute Gasteiger partial charge is 0.298 e. The molecule has 4 aromatic carbocycles. The van der Waals surface area contributed by atoms with Gasteiger partial charge in [0, 0.05) is 54.1 Å². The van der Waals surface area contributed by atoms with Gasteiger partial charge in [-0.25, -0.2) is 0 Å². The Labute approximate surface area is 403 Å². The maximum Gasteiger partial charge on any atom is 0.298 e. The monoisotopic (exact) mass is 1020 g/mol. The standard InChI is InChI=1S/C41H45N13O9S5/c1-7-53(8-2)23-11-13-27(47-49-37-25-19-33(62-5)35(67(56,57)58)21-29(25)51-65-37)31(17-23)42-39-44-40(46-41(45-39)64-16-15-55)43-32-18-24(54(9-3)10-4)12-14-28(32)48-50-38-26-20-34(63-6)36(68(59,60)61)22-30(26)52-66-38/h11-14,17-22,55H,7-10,15-16H2,1-6H3,(H,56,57,58)(H,59,60,61)(H2,42,43,44,45,46). The number of hydrogen-bond donors (Lipinski definition) is 5. The van der Waals surface area contributed by atoms with Gasteiger partial charge in [0.2, 0.25) is 11.9 Å². The number of nitrogens with zero attached hydrogens (tertiary/aromatic N) is 11. The maximum atomic E-state index is 12.0. The van der Waals surface area contributed by atoms with Crippen molar-refractivity contribution in [2.45, 2.75) is 42.6 Å². The van der Waals surface area contributed by atoms with Crippen LogP contribution in [-0.4, -0.2) is 108 Å². The normalized spacial score (nSPS) is 12.1. The Morgan fingerprint density at radius 1 is 0.632 bits per heavy atom. The number of benzene rings is 4. The Morgan fingerprint density at radius 3 is 1.43 bits per heavy atom. The molecule has 3 heterocycles. The predicted octanol–water partition coefficient (Wildman–Crippen LogP) is 9.70. The quantitative estimate of drug-likeness (QED) is 0.0254. The van der Waals surface area contributed by atoms with Crippen LogP contribution in [0.2, 0.25) is 0 Å². The van der Waals surface area contributed by atoms with Crippen molar-refractivity contribution in [3.8, 4) is 11.5 Å². The van der Waals surface area contributed by atoms with Crippen LogP contribution >= 0.6 is 34.8 Å². The zero-order valence-electron chi connectivity index (χ0n) is 37.3. The van der Waals surface area contributed by atoms with E-state index in [-0.39, 0.29) is 51.9 Å². The van der Waals surface area contributed by atoms with E-state index in [1.165, 1.54) is 50.2 Å². The molecule has 0 atom stereocenters. The second kappa shape index (κ2) is 21.4. The number of methoxy groups -OCH3 is 2. The lowest BCUT2D eigenvalue weighted by atomic mass is 10.2. The van der Waals surface area contributed by atoms with E-state index >= 15 is 0 Å². The van der Waals surface area contributed by atoms with Gasteiger partial charge in [-0.05, 0) is 111 Å². The topological polar surface area (TPSA) is 292 Å². The molecule has 0 spiro atoms. The average molecular weight is 1020 g/mol. The molecule has 7 rings (SSSR count). The minimum absolute atomic E-state index is 0.0831. The van der Waals surface area contributed by atoms with E-state index in [1.807, 2.05) is 52.0 Å². The molecule has 27 heteroatoms. The molecule has 0 fully saturated rings. The summed E-state index contributed by atoms with van der Waals surface area (Å²) in [5.41, 5.74) is 4.02. The largest absolute Gasteiger partial charge is 0.495 e. The van der Waals surface area contributed by atoms with Gasteiger partial charge < -0.3 is 35.0 Å². The summed E-state index contributed by atoms with van der Waals surface area (Å²) in [5, 5.41) is 36.4. The average Bonchev–Trinajstić information content (AvgIpc) is 3.92. The molecule has 0 aliphatic heterocycles. The van der Waals surface area contributed by atoms with Gasteiger partial charge >= 0.3 is 0 Å². The first-order valence-electron chi connectivity index (χ1n) is 20.7. The molecule has 358 valence electrons. The van der Waals surface area contributed by atoms with Crippen LogP contribution in [0.4, 0.5) is 56.0 Å². The van der Waals surface area contributed by atoms with Crippen LogP contribution in [-0.2, 0) is 20.2 Å². The molecule has 0 radical (unpaired) electrons. The number of rotatable bonds is 21. The number of hydrogen-bond acceptors (Lipinski definition) is 23. The maximum absolute atomic E-state index is 12.0. The molecular weight excluding hydrogens is 979 g/mol. The fraction of sp³-hybridized carbons (Fsp3) is 0.293. The van der Waals surface area contributed by atoms with Gasteiger partial charge in [0.05, 0.1) is 43.2 Å². The van der Waals surface area contributed by atoms with Crippen LogP contribution in [0.1, 0.15) is 27.7 Å². The van der Waals surface area contributed by atoms with Crippen molar-refractivity contribution in [3.05, 3.63) is 60.7 Å². The summed E-state index contributed by atoms with van der Waals surface area (Å²) < 4.78 is 86.8. The number of nitrogens with one attached hydrogen (secondary N) is 2. The summed E-state index contributed by atoms with van der Waals surface area (Å²) >= 11 is 3.17. The highest BCUT2D eigenvalue weighted by molar-refractivity contribution is 7.99. The summed E-state index contributed by atoms with van der Waals surface area (Å²) in [6, 6.07) is 16.4. The van der Waals surface area contributed by atoms with E-state index in [0.29, 0.717) is 69.7 Å². The minimum atomic E-state index is -4.60. The third-order valence-electron chi connectivity index (χ3n) is 10.2. The second-order valence-electron chi connectivity index (χ2n) is 14.2. The van der Waals surface area contributed by atoms with Crippen molar-refractivity contribution in [1.82, 2.24) is 23.7 Å². The van der Waals surface area contributed by atoms with E-state index in [4.69, 9.17) is 14.5 Å². The Balaban J connectivity index is 1.28. The predicted molar refractivity (Wildman–Crippen MR) is 265 cm³/mol. The van der Waals surface area contributed by atoms with Crippen LogP contribution in [0.5, 0.6) is 11.5 Å². The number of aliphatic hydroxyl groups is 1. The first-order valence-corrected chi connectivity index (χ1v) is 26.1. The fourth-order valence-electron chi connectivity index (χ4n) is 6.84. The van der Waals surface area contributed by atoms with Crippen LogP contribution < -0.4 is 29.9 Å². The molecule has 3 aromatic heterocycles. The first-order chi connectivity index (χ1) is 32.6. The van der Waals surface area contributed by atoms with Gasteiger partial charge in [-0.2, -0.15) is 40.5 Å². The van der Waals surface area contributed by atoms with Crippen molar-refractivity contribution in [2.75, 3.05) is 73.2 Å². The Bertz CT molecular complexity index is 3040. The lowest BCUT2D eigenvalue weighted by molar-refractivity contribution is 0.322. The molecule has 22 nitrogen and oxygen atoms in total. The second-order valence-corrected chi connectivity index (χ2v) is 19.5. The molecule has 7 aromatic rings. The number of thioether (sulfide) groups is 1. The molecule has 0 aliphatic rings. The van der Waals surface area contributed by atoms with Crippen molar-refractivity contribution in [3.63, 3.8) is 0 Å². The summed E-state index contributed by atoms with van der Waals surface area (Å²) in [5.74, 6) is 0.369. The Hall–Kier alpha value is -6.20. The minimum Gasteiger partial charge on any atom is -0.495 e. The van der Waals surface area contributed by atoms with Gasteiger partial charge in [-0.1, -0.05) is 11.8 Å². The van der Waals surface area contributed by atoms with E-state index in [0.717, 1.165) is 34.4 Å². The molecule has 0 aliphatic carbocycles.